The predicted octanol–water partition coefficient (Wildman–Crippen LogP) is 3.23. The fourth-order valence-corrected chi connectivity index (χ4v) is 6.15. The summed E-state index contributed by atoms with van der Waals surface area (Å²) in [7, 11) is -3.58. The maximum atomic E-state index is 13.2. The van der Waals surface area contributed by atoms with Crippen LogP contribution in [0.4, 0.5) is 0 Å². The third-order valence-corrected chi connectivity index (χ3v) is 8.36. The van der Waals surface area contributed by atoms with Crippen molar-refractivity contribution in [2.24, 2.45) is 5.92 Å². The zero-order valence-corrected chi connectivity index (χ0v) is 19.2. The predicted molar refractivity (Wildman–Crippen MR) is 116 cm³/mol. The molecule has 1 atom stereocenters. The van der Waals surface area contributed by atoms with E-state index in [9.17, 15) is 13.2 Å². The van der Waals surface area contributed by atoms with Crippen molar-refractivity contribution in [1.82, 2.24) is 14.5 Å². The molecule has 1 N–H and O–H groups in total. The summed E-state index contributed by atoms with van der Waals surface area (Å²) in [4.78, 5) is 17.8. The maximum absolute atomic E-state index is 13.2. The van der Waals surface area contributed by atoms with Gasteiger partial charge in [0, 0.05) is 30.1 Å². The summed E-state index contributed by atoms with van der Waals surface area (Å²) in [6, 6.07) is 4.79. The van der Waals surface area contributed by atoms with Crippen molar-refractivity contribution >= 4 is 31.9 Å². The van der Waals surface area contributed by atoms with E-state index in [4.69, 9.17) is 0 Å². The Balaban J connectivity index is 1.45. The van der Waals surface area contributed by atoms with Crippen molar-refractivity contribution in [2.45, 2.75) is 55.9 Å². The number of halogens is 1. The van der Waals surface area contributed by atoms with Gasteiger partial charge in [0.25, 0.3) is 5.91 Å². The molecule has 1 amide bonds. The Morgan fingerprint density at radius 1 is 1.07 bits per heavy atom. The van der Waals surface area contributed by atoms with Crippen molar-refractivity contribution in [3.05, 3.63) is 28.2 Å². The molecule has 8 heteroatoms. The molecule has 3 fully saturated rings. The van der Waals surface area contributed by atoms with E-state index in [0.29, 0.717) is 16.0 Å². The highest BCUT2D eigenvalue weighted by molar-refractivity contribution is 9.10. The third-order valence-electron chi connectivity index (χ3n) is 6.15. The third kappa shape index (κ3) is 5.40. The molecule has 1 aromatic carbocycles. The average Bonchev–Trinajstić information content (AvgIpc) is 3.52. The van der Waals surface area contributed by atoms with Gasteiger partial charge < -0.3 is 9.80 Å². The van der Waals surface area contributed by atoms with Crippen LogP contribution in [-0.2, 0) is 10.0 Å². The lowest BCUT2D eigenvalue weighted by Gasteiger charge is -2.37. The monoisotopic (exact) mass is 483 g/mol. The van der Waals surface area contributed by atoms with Gasteiger partial charge in [-0.15, -0.1) is 0 Å². The van der Waals surface area contributed by atoms with Gasteiger partial charge in [-0.05, 0) is 91.7 Å². The van der Waals surface area contributed by atoms with Gasteiger partial charge in [-0.2, -0.15) is 0 Å². The van der Waals surface area contributed by atoms with Crippen LogP contribution < -0.4 is 4.72 Å². The molecule has 29 heavy (non-hydrogen) atoms. The van der Waals surface area contributed by atoms with Gasteiger partial charge in [0.05, 0.1) is 10.5 Å². The first kappa shape index (κ1) is 21.3. The zero-order chi connectivity index (χ0) is 20.4. The highest BCUT2D eigenvalue weighted by atomic mass is 79.9. The van der Waals surface area contributed by atoms with E-state index in [1.165, 1.54) is 38.4 Å². The Bertz CT molecular complexity index is 851. The molecule has 1 aromatic rings. The Hall–Kier alpha value is -0.960. The van der Waals surface area contributed by atoms with E-state index in [2.05, 4.69) is 25.6 Å². The van der Waals surface area contributed by atoms with Gasteiger partial charge in [0.2, 0.25) is 10.0 Å². The number of rotatable bonds is 6. The number of nitrogens with zero attached hydrogens (tertiary/aromatic N) is 2. The SMILES string of the molecule is O=C(c1cc(S(=O)(=O)NC2CC2)ccc1Br)N1CCC[C@H](CN2CCCCC2)C1. The van der Waals surface area contributed by atoms with Crippen LogP contribution in [0.5, 0.6) is 0 Å². The van der Waals surface area contributed by atoms with Gasteiger partial charge in [-0.1, -0.05) is 6.42 Å². The number of sulfonamides is 1. The summed E-state index contributed by atoms with van der Waals surface area (Å²) in [6.45, 7) is 4.89. The number of benzene rings is 1. The van der Waals surface area contributed by atoms with Crippen LogP contribution in [0.2, 0.25) is 0 Å². The molecule has 2 saturated heterocycles. The Kier molecular flexibility index (Phi) is 6.63. The summed E-state index contributed by atoms with van der Waals surface area (Å²) in [5.74, 6) is 0.414. The zero-order valence-electron chi connectivity index (χ0n) is 16.8. The summed E-state index contributed by atoms with van der Waals surface area (Å²) < 4.78 is 28.5. The standard InChI is InChI=1S/C21H30BrN3O3S/c22-20-9-8-18(29(27,28)23-17-6-7-17)13-19(20)21(26)25-12-4-5-16(15-25)14-24-10-2-1-3-11-24/h8-9,13,16-17,23H,1-7,10-12,14-15H2/t16-/m1/s1. The molecule has 0 spiro atoms. The molecule has 2 heterocycles. The van der Waals surface area contributed by atoms with E-state index in [0.717, 1.165) is 45.3 Å². The fourth-order valence-electron chi connectivity index (χ4n) is 4.40. The molecule has 4 rings (SSSR count). The Morgan fingerprint density at radius 2 is 1.83 bits per heavy atom. The first-order chi connectivity index (χ1) is 13.9. The molecular weight excluding hydrogens is 454 g/mol. The second-order valence-corrected chi connectivity index (χ2v) is 11.2. The number of carbonyl (C=O) groups excluding carboxylic acids is 1. The van der Waals surface area contributed by atoms with Crippen molar-refractivity contribution in [3.8, 4) is 0 Å². The Labute approximate surface area is 182 Å². The summed E-state index contributed by atoms with van der Waals surface area (Å²) >= 11 is 3.45. The first-order valence-corrected chi connectivity index (χ1v) is 13.0. The van der Waals surface area contributed by atoms with Crippen LogP contribution in [0.3, 0.4) is 0 Å². The number of carbonyl (C=O) groups is 1. The lowest BCUT2D eigenvalue weighted by Crippen LogP contribution is -2.44. The van der Waals surface area contributed by atoms with Gasteiger partial charge in [-0.3, -0.25) is 4.79 Å². The van der Waals surface area contributed by atoms with Crippen molar-refractivity contribution in [1.29, 1.82) is 0 Å². The van der Waals surface area contributed by atoms with Gasteiger partial charge in [0.15, 0.2) is 0 Å². The van der Waals surface area contributed by atoms with E-state index in [1.807, 2.05) is 4.90 Å². The molecule has 1 aliphatic carbocycles. The van der Waals surface area contributed by atoms with Crippen molar-refractivity contribution in [3.63, 3.8) is 0 Å². The van der Waals surface area contributed by atoms with Crippen LogP contribution in [-0.4, -0.2) is 62.9 Å². The molecule has 6 nitrogen and oxygen atoms in total. The molecular formula is C21H30BrN3O3S. The number of piperidine rings is 2. The van der Waals surface area contributed by atoms with E-state index in [-0.39, 0.29) is 16.8 Å². The fraction of sp³-hybridized carbons (Fsp3) is 0.667. The second-order valence-electron chi connectivity index (χ2n) is 8.66. The van der Waals surface area contributed by atoms with Crippen LogP contribution >= 0.6 is 15.9 Å². The van der Waals surface area contributed by atoms with Crippen LogP contribution in [0.15, 0.2) is 27.6 Å². The molecule has 0 aromatic heterocycles. The van der Waals surface area contributed by atoms with E-state index < -0.39 is 10.0 Å². The molecule has 0 bridgehead atoms. The van der Waals surface area contributed by atoms with Gasteiger partial charge >= 0.3 is 0 Å². The van der Waals surface area contributed by atoms with Crippen LogP contribution in [0, 0.1) is 5.92 Å². The summed E-state index contributed by atoms with van der Waals surface area (Å²) in [5, 5.41) is 0. The number of likely N-dealkylation sites (tertiary alicyclic amines) is 2. The minimum Gasteiger partial charge on any atom is -0.338 e. The number of hydrogen-bond donors (Lipinski definition) is 1. The molecule has 1 saturated carbocycles. The van der Waals surface area contributed by atoms with Crippen LogP contribution in [0.1, 0.15) is 55.3 Å². The lowest BCUT2D eigenvalue weighted by atomic mass is 9.96. The largest absolute Gasteiger partial charge is 0.338 e. The van der Waals surface area contributed by atoms with Gasteiger partial charge in [0.1, 0.15) is 0 Å². The van der Waals surface area contributed by atoms with Crippen molar-refractivity contribution < 1.29 is 13.2 Å². The minimum atomic E-state index is -3.58. The van der Waals surface area contributed by atoms with Gasteiger partial charge in [-0.25, -0.2) is 13.1 Å². The van der Waals surface area contributed by atoms with Crippen molar-refractivity contribution in [2.75, 3.05) is 32.7 Å². The highest BCUT2D eigenvalue weighted by Crippen LogP contribution is 2.27. The normalized spacial score (nSPS) is 23.9. The maximum Gasteiger partial charge on any atom is 0.255 e. The summed E-state index contributed by atoms with van der Waals surface area (Å²) in [5.41, 5.74) is 0.433. The number of amides is 1. The molecule has 0 radical (unpaired) electrons. The smallest absolute Gasteiger partial charge is 0.255 e. The molecule has 0 unspecified atom stereocenters. The average molecular weight is 484 g/mol. The minimum absolute atomic E-state index is 0.0421. The lowest BCUT2D eigenvalue weighted by molar-refractivity contribution is 0.0630. The topological polar surface area (TPSA) is 69.7 Å². The van der Waals surface area contributed by atoms with E-state index in [1.54, 1.807) is 12.1 Å². The number of hydrogen-bond acceptors (Lipinski definition) is 4. The first-order valence-electron chi connectivity index (χ1n) is 10.8. The molecule has 2 aliphatic heterocycles. The highest BCUT2D eigenvalue weighted by Gasteiger charge is 2.30. The van der Waals surface area contributed by atoms with E-state index >= 15 is 0 Å². The quantitative estimate of drug-likeness (QED) is 0.673. The summed E-state index contributed by atoms with van der Waals surface area (Å²) in [6.07, 6.45) is 7.80. The molecule has 160 valence electrons. The molecule has 3 aliphatic rings. The second kappa shape index (κ2) is 9.04. The Morgan fingerprint density at radius 3 is 2.55 bits per heavy atom. The number of nitrogens with one attached hydrogen (secondary N) is 1. The van der Waals surface area contributed by atoms with Crippen LogP contribution in [0.25, 0.3) is 0 Å².